The van der Waals surface area contributed by atoms with Crippen LogP contribution in [0.5, 0.6) is 5.75 Å². The number of hydrogen-bond donors (Lipinski definition) is 1. The second-order valence-electron chi connectivity index (χ2n) is 6.67. The average molecular weight is 282 g/mol. The lowest BCUT2D eigenvalue weighted by Crippen LogP contribution is -2.18. The summed E-state index contributed by atoms with van der Waals surface area (Å²) in [7, 11) is 0. The van der Waals surface area contributed by atoms with Gasteiger partial charge in [-0.1, -0.05) is 38.1 Å². The van der Waals surface area contributed by atoms with E-state index in [1.807, 2.05) is 18.2 Å². The Kier molecular flexibility index (Phi) is 3.29. The smallest absolute Gasteiger partial charge is 0.123 e. The Balaban J connectivity index is 1.99. The van der Waals surface area contributed by atoms with E-state index < -0.39 is 6.10 Å². The molecule has 1 unspecified atom stereocenters. The zero-order chi connectivity index (χ0) is 15.2. The maximum Gasteiger partial charge on any atom is 0.123 e. The fraction of sp³-hybridized carbons (Fsp3) is 0.368. The van der Waals surface area contributed by atoms with Gasteiger partial charge in [0, 0.05) is 11.0 Å². The Morgan fingerprint density at radius 3 is 2.38 bits per heavy atom. The summed E-state index contributed by atoms with van der Waals surface area (Å²) in [6.07, 6.45) is -0.592. The molecule has 2 nitrogen and oxygen atoms in total. The van der Waals surface area contributed by atoms with Crippen LogP contribution in [-0.2, 0) is 5.41 Å². The zero-order valence-corrected chi connectivity index (χ0v) is 13.1. The van der Waals surface area contributed by atoms with Gasteiger partial charge < -0.3 is 9.84 Å². The lowest BCUT2D eigenvalue weighted by molar-refractivity contribution is 0.220. The third-order valence-corrected chi connectivity index (χ3v) is 4.48. The fourth-order valence-corrected chi connectivity index (χ4v) is 2.84. The van der Waals surface area contributed by atoms with Gasteiger partial charge in [-0.25, -0.2) is 0 Å². The SMILES string of the molecule is Cc1ccc(C(O)c2ccc3c(c2)C(C)(C)CO3)cc1C. The Morgan fingerprint density at radius 2 is 1.67 bits per heavy atom. The summed E-state index contributed by atoms with van der Waals surface area (Å²) in [4.78, 5) is 0. The molecule has 0 saturated heterocycles. The van der Waals surface area contributed by atoms with Crippen LogP contribution < -0.4 is 4.74 Å². The van der Waals surface area contributed by atoms with E-state index in [0.717, 1.165) is 16.9 Å². The predicted octanol–water partition coefficient (Wildman–Crippen LogP) is 4.06. The minimum absolute atomic E-state index is 0.00819. The second-order valence-corrected chi connectivity index (χ2v) is 6.67. The Hall–Kier alpha value is -1.80. The molecular weight excluding hydrogens is 260 g/mol. The van der Waals surface area contributed by atoms with Crippen molar-refractivity contribution < 1.29 is 9.84 Å². The van der Waals surface area contributed by atoms with Crippen LogP contribution in [0.4, 0.5) is 0 Å². The number of benzene rings is 2. The molecule has 0 aliphatic carbocycles. The molecule has 0 bridgehead atoms. The van der Waals surface area contributed by atoms with E-state index in [1.165, 1.54) is 16.7 Å². The summed E-state index contributed by atoms with van der Waals surface area (Å²) in [5, 5.41) is 10.7. The molecule has 1 N–H and O–H groups in total. The number of aliphatic hydroxyl groups is 1. The van der Waals surface area contributed by atoms with Gasteiger partial charge >= 0.3 is 0 Å². The topological polar surface area (TPSA) is 29.5 Å². The van der Waals surface area contributed by atoms with E-state index in [0.29, 0.717) is 6.61 Å². The molecule has 0 aromatic heterocycles. The van der Waals surface area contributed by atoms with Crippen molar-refractivity contribution in [2.24, 2.45) is 0 Å². The van der Waals surface area contributed by atoms with E-state index in [9.17, 15) is 5.11 Å². The lowest BCUT2D eigenvalue weighted by Gasteiger charge is -2.18. The Labute approximate surface area is 126 Å². The average Bonchev–Trinajstić information content (AvgIpc) is 2.76. The molecule has 2 aromatic carbocycles. The van der Waals surface area contributed by atoms with Crippen molar-refractivity contribution in [2.75, 3.05) is 6.61 Å². The van der Waals surface area contributed by atoms with Gasteiger partial charge in [0.2, 0.25) is 0 Å². The van der Waals surface area contributed by atoms with E-state index in [4.69, 9.17) is 4.74 Å². The summed E-state index contributed by atoms with van der Waals surface area (Å²) in [5.41, 5.74) is 5.51. The summed E-state index contributed by atoms with van der Waals surface area (Å²) < 4.78 is 5.71. The van der Waals surface area contributed by atoms with Crippen molar-refractivity contribution in [1.29, 1.82) is 0 Å². The molecule has 1 heterocycles. The van der Waals surface area contributed by atoms with Crippen LogP contribution >= 0.6 is 0 Å². The molecule has 1 aliphatic heterocycles. The molecular formula is C19H22O2. The van der Waals surface area contributed by atoms with E-state index in [-0.39, 0.29) is 5.41 Å². The second kappa shape index (κ2) is 4.88. The van der Waals surface area contributed by atoms with Crippen LogP contribution in [0.25, 0.3) is 0 Å². The first kappa shape index (κ1) is 14.2. The molecule has 21 heavy (non-hydrogen) atoms. The number of fused-ring (bicyclic) bond motifs is 1. The van der Waals surface area contributed by atoms with Crippen molar-refractivity contribution in [3.05, 3.63) is 64.2 Å². The van der Waals surface area contributed by atoms with Crippen molar-refractivity contribution in [1.82, 2.24) is 0 Å². The van der Waals surface area contributed by atoms with Crippen molar-refractivity contribution in [3.63, 3.8) is 0 Å². The molecule has 1 aliphatic rings. The van der Waals surface area contributed by atoms with Gasteiger partial charge in [0.15, 0.2) is 0 Å². The van der Waals surface area contributed by atoms with Gasteiger partial charge in [-0.15, -0.1) is 0 Å². The van der Waals surface area contributed by atoms with Gasteiger partial charge in [-0.2, -0.15) is 0 Å². The van der Waals surface area contributed by atoms with Crippen molar-refractivity contribution in [3.8, 4) is 5.75 Å². The first-order valence-corrected chi connectivity index (χ1v) is 7.41. The zero-order valence-electron chi connectivity index (χ0n) is 13.1. The third kappa shape index (κ3) is 2.44. The lowest BCUT2D eigenvalue weighted by atomic mass is 9.85. The van der Waals surface area contributed by atoms with Crippen LogP contribution in [-0.4, -0.2) is 11.7 Å². The van der Waals surface area contributed by atoms with Gasteiger partial charge in [0.05, 0.1) is 6.61 Å². The molecule has 0 amide bonds. The summed E-state index contributed by atoms with van der Waals surface area (Å²) in [6.45, 7) is 9.20. The van der Waals surface area contributed by atoms with E-state index in [2.05, 4.69) is 45.9 Å². The number of hydrogen-bond acceptors (Lipinski definition) is 2. The molecule has 0 spiro atoms. The predicted molar refractivity (Wildman–Crippen MR) is 84.9 cm³/mol. The van der Waals surface area contributed by atoms with Crippen molar-refractivity contribution >= 4 is 0 Å². The highest BCUT2D eigenvalue weighted by Gasteiger charge is 2.32. The monoisotopic (exact) mass is 282 g/mol. The largest absolute Gasteiger partial charge is 0.492 e. The van der Waals surface area contributed by atoms with Crippen LogP contribution in [0.2, 0.25) is 0 Å². The fourth-order valence-electron chi connectivity index (χ4n) is 2.84. The molecule has 1 atom stereocenters. The Morgan fingerprint density at radius 1 is 1.00 bits per heavy atom. The molecule has 0 radical (unpaired) electrons. The third-order valence-electron chi connectivity index (χ3n) is 4.48. The molecule has 110 valence electrons. The summed E-state index contributed by atoms with van der Waals surface area (Å²) in [6, 6.07) is 12.1. The van der Waals surface area contributed by atoms with Crippen LogP contribution in [0.15, 0.2) is 36.4 Å². The number of ether oxygens (including phenoxy) is 1. The van der Waals surface area contributed by atoms with Crippen molar-refractivity contribution in [2.45, 2.75) is 39.2 Å². The van der Waals surface area contributed by atoms with Crippen LogP contribution in [0.3, 0.4) is 0 Å². The summed E-state index contributed by atoms with van der Waals surface area (Å²) >= 11 is 0. The maximum absolute atomic E-state index is 10.7. The summed E-state index contributed by atoms with van der Waals surface area (Å²) in [5.74, 6) is 0.941. The van der Waals surface area contributed by atoms with Crippen LogP contribution in [0, 0.1) is 13.8 Å². The number of aliphatic hydroxyl groups excluding tert-OH is 1. The highest BCUT2D eigenvalue weighted by molar-refractivity contribution is 5.47. The number of aryl methyl sites for hydroxylation is 2. The van der Waals surface area contributed by atoms with Gasteiger partial charge in [-0.05, 0) is 48.2 Å². The van der Waals surface area contributed by atoms with E-state index in [1.54, 1.807) is 0 Å². The highest BCUT2D eigenvalue weighted by atomic mass is 16.5. The first-order chi connectivity index (χ1) is 9.88. The quantitative estimate of drug-likeness (QED) is 0.900. The molecule has 3 rings (SSSR count). The normalized spacial score (nSPS) is 17.2. The minimum atomic E-state index is -0.592. The minimum Gasteiger partial charge on any atom is -0.492 e. The molecule has 2 heteroatoms. The van der Waals surface area contributed by atoms with Crippen LogP contribution in [0.1, 0.15) is 47.8 Å². The first-order valence-electron chi connectivity index (χ1n) is 7.41. The Bertz CT molecular complexity index is 686. The van der Waals surface area contributed by atoms with Gasteiger partial charge in [0.25, 0.3) is 0 Å². The molecule has 2 aromatic rings. The maximum atomic E-state index is 10.7. The highest BCUT2D eigenvalue weighted by Crippen LogP contribution is 2.40. The van der Waals surface area contributed by atoms with Gasteiger partial charge in [0.1, 0.15) is 11.9 Å². The van der Waals surface area contributed by atoms with Gasteiger partial charge in [-0.3, -0.25) is 0 Å². The molecule has 0 fully saturated rings. The standard InChI is InChI=1S/C19H22O2/c1-12-5-6-14(9-13(12)2)18(20)15-7-8-17-16(10-15)19(3,4)11-21-17/h5-10,18,20H,11H2,1-4H3. The van der Waals surface area contributed by atoms with E-state index >= 15 is 0 Å². The molecule has 0 saturated carbocycles. The number of rotatable bonds is 2.